The molecule has 5 aromatic carbocycles. The van der Waals surface area contributed by atoms with E-state index in [0.717, 1.165) is 54.6 Å². The van der Waals surface area contributed by atoms with Crippen molar-refractivity contribution in [3.05, 3.63) is 94.6 Å². The second-order valence-electron chi connectivity index (χ2n) is 7.93. The molecule has 0 N–H and O–H groups in total. The fourth-order valence-corrected chi connectivity index (χ4v) is 4.96. The number of fused-ring (bicyclic) bond motifs is 8. The molecule has 0 aliphatic heterocycles. The van der Waals surface area contributed by atoms with Crippen molar-refractivity contribution in [1.82, 2.24) is 0 Å². The van der Waals surface area contributed by atoms with Crippen LogP contribution in [0.4, 0.5) is 0 Å². The number of hydrogen-bond acceptors (Lipinski definition) is 2. The van der Waals surface area contributed by atoms with E-state index < -0.39 is 0 Å². The summed E-state index contributed by atoms with van der Waals surface area (Å²) in [5, 5.41) is 6.79. The van der Waals surface area contributed by atoms with Crippen molar-refractivity contribution in [2.75, 3.05) is 0 Å². The van der Waals surface area contributed by atoms with Gasteiger partial charge in [-0.1, -0.05) is 42.5 Å². The maximum atomic E-state index is 6.36. The van der Waals surface area contributed by atoms with Crippen LogP contribution in [-0.4, -0.2) is 0 Å². The molecule has 7 aromatic rings. The van der Waals surface area contributed by atoms with Gasteiger partial charge in [-0.3, -0.25) is 0 Å². The van der Waals surface area contributed by atoms with E-state index in [-0.39, 0.29) is 0 Å². The van der Waals surface area contributed by atoms with Crippen LogP contribution in [0.1, 0.15) is 0 Å². The molecule has 0 aliphatic carbocycles. The van der Waals surface area contributed by atoms with Gasteiger partial charge >= 0.3 is 0 Å². The van der Waals surface area contributed by atoms with Crippen molar-refractivity contribution in [2.45, 2.75) is 0 Å². The van der Waals surface area contributed by atoms with Crippen LogP contribution < -0.4 is 0 Å². The van der Waals surface area contributed by atoms with Crippen molar-refractivity contribution in [1.29, 1.82) is 0 Å². The Morgan fingerprint density at radius 3 is 2.16 bits per heavy atom. The Kier molecular flexibility index (Phi) is 3.56. The number of para-hydroxylation sites is 1. The number of rotatable bonds is 1. The Bertz CT molecular complexity index is 1790. The van der Waals surface area contributed by atoms with Gasteiger partial charge in [0.2, 0.25) is 0 Å². The van der Waals surface area contributed by atoms with Crippen molar-refractivity contribution < 1.29 is 8.83 Å². The molecule has 0 bridgehead atoms. The second-order valence-corrected chi connectivity index (χ2v) is 9.18. The van der Waals surface area contributed by atoms with E-state index in [1.165, 1.54) is 14.7 Å². The lowest BCUT2D eigenvalue weighted by atomic mass is 10.0. The number of hydrogen-bond donors (Lipinski definition) is 0. The molecule has 0 saturated carbocycles. The Balaban J connectivity index is 1.51. The van der Waals surface area contributed by atoms with Crippen LogP contribution in [0.3, 0.4) is 0 Å². The first-order chi connectivity index (χ1) is 15.2. The molecule has 7 rings (SSSR count). The van der Waals surface area contributed by atoms with Gasteiger partial charge in [0.05, 0.1) is 0 Å². The summed E-state index contributed by atoms with van der Waals surface area (Å²) in [5.74, 6) is 0. The molecule has 0 amide bonds. The molecule has 0 fully saturated rings. The van der Waals surface area contributed by atoms with Crippen LogP contribution in [0.15, 0.2) is 99.8 Å². The number of furan rings is 2. The van der Waals surface area contributed by atoms with Crippen LogP contribution in [0.25, 0.3) is 65.8 Å². The molecule has 2 aromatic heterocycles. The van der Waals surface area contributed by atoms with E-state index in [0.29, 0.717) is 0 Å². The third-order valence-electron chi connectivity index (χ3n) is 6.13. The maximum absolute atomic E-state index is 6.36. The molecule has 0 radical (unpaired) electrons. The van der Waals surface area contributed by atoms with Gasteiger partial charge in [0.25, 0.3) is 0 Å². The standard InChI is InChI=1S/C28H15IO2/c29-19-9-5-16(6-10-19)17-8-12-26-24(13-17)21-11-7-18-14-23-20-3-1-2-4-25(20)30-27(23)15-22(18)28(21)31-26/h1-15H. The molecule has 0 spiro atoms. The largest absolute Gasteiger partial charge is 0.456 e. The Morgan fingerprint density at radius 2 is 1.26 bits per heavy atom. The van der Waals surface area contributed by atoms with Gasteiger partial charge in [0, 0.05) is 30.5 Å². The summed E-state index contributed by atoms with van der Waals surface area (Å²) in [6.07, 6.45) is 0. The van der Waals surface area contributed by atoms with Crippen LogP contribution in [-0.2, 0) is 0 Å². The van der Waals surface area contributed by atoms with Gasteiger partial charge in [-0.25, -0.2) is 0 Å². The lowest BCUT2D eigenvalue weighted by Crippen LogP contribution is -1.78. The molecule has 0 atom stereocenters. The highest BCUT2D eigenvalue weighted by molar-refractivity contribution is 14.1. The molecule has 2 nitrogen and oxygen atoms in total. The first-order valence-electron chi connectivity index (χ1n) is 10.2. The van der Waals surface area contributed by atoms with Crippen molar-refractivity contribution in [3.63, 3.8) is 0 Å². The SMILES string of the molecule is Ic1ccc(-c2ccc3oc4c5cc6oc7ccccc7c6cc5ccc4c3c2)cc1. The molecular weight excluding hydrogens is 495 g/mol. The maximum Gasteiger partial charge on any atom is 0.143 e. The topological polar surface area (TPSA) is 26.3 Å². The molecule has 146 valence electrons. The highest BCUT2D eigenvalue weighted by Crippen LogP contribution is 2.39. The highest BCUT2D eigenvalue weighted by atomic mass is 127. The molecule has 31 heavy (non-hydrogen) atoms. The summed E-state index contributed by atoms with van der Waals surface area (Å²) < 4.78 is 13.7. The predicted molar refractivity (Wildman–Crippen MR) is 137 cm³/mol. The highest BCUT2D eigenvalue weighted by Gasteiger charge is 2.14. The summed E-state index contributed by atoms with van der Waals surface area (Å²) in [6, 6.07) is 31.9. The van der Waals surface area contributed by atoms with Crippen LogP contribution in [0.5, 0.6) is 0 Å². The van der Waals surface area contributed by atoms with Crippen LogP contribution in [0, 0.1) is 3.57 Å². The molecule has 0 saturated heterocycles. The van der Waals surface area contributed by atoms with E-state index in [1.54, 1.807) is 0 Å². The first kappa shape index (κ1) is 17.4. The third-order valence-corrected chi connectivity index (χ3v) is 6.85. The van der Waals surface area contributed by atoms with E-state index in [9.17, 15) is 0 Å². The zero-order valence-electron chi connectivity index (χ0n) is 16.4. The van der Waals surface area contributed by atoms with E-state index in [2.05, 4.69) is 101 Å². The van der Waals surface area contributed by atoms with Crippen LogP contribution >= 0.6 is 22.6 Å². The van der Waals surface area contributed by atoms with E-state index in [1.807, 2.05) is 12.1 Å². The smallest absolute Gasteiger partial charge is 0.143 e. The fourth-order valence-electron chi connectivity index (χ4n) is 4.60. The average molecular weight is 510 g/mol. The van der Waals surface area contributed by atoms with E-state index in [4.69, 9.17) is 8.83 Å². The Hall–Kier alpha value is -3.31. The minimum Gasteiger partial charge on any atom is -0.456 e. The third kappa shape index (κ3) is 2.56. The molecule has 0 aliphatic rings. The molecule has 0 unspecified atom stereocenters. The van der Waals surface area contributed by atoms with Crippen LogP contribution in [0.2, 0.25) is 0 Å². The summed E-state index contributed by atoms with van der Waals surface area (Å²) in [7, 11) is 0. The Labute approximate surface area is 191 Å². The quantitative estimate of drug-likeness (QED) is 0.206. The molecule has 2 heterocycles. The van der Waals surface area contributed by atoms with Crippen molar-refractivity contribution >= 4 is 77.2 Å². The van der Waals surface area contributed by atoms with Gasteiger partial charge in [0.15, 0.2) is 0 Å². The summed E-state index contributed by atoms with van der Waals surface area (Å²) in [6.45, 7) is 0. The molecular formula is C28H15IO2. The van der Waals surface area contributed by atoms with Crippen molar-refractivity contribution in [3.8, 4) is 11.1 Å². The first-order valence-corrected chi connectivity index (χ1v) is 11.3. The molecule has 3 heteroatoms. The lowest BCUT2D eigenvalue weighted by molar-refractivity contribution is 0.667. The predicted octanol–water partition coefficient (Wildman–Crippen LogP) is 8.91. The second kappa shape index (κ2) is 6.34. The zero-order chi connectivity index (χ0) is 20.5. The van der Waals surface area contributed by atoms with Crippen molar-refractivity contribution in [2.24, 2.45) is 0 Å². The van der Waals surface area contributed by atoms with E-state index >= 15 is 0 Å². The summed E-state index contributed by atoms with van der Waals surface area (Å²) in [5.41, 5.74) is 6.02. The summed E-state index contributed by atoms with van der Waals surface area (Å²) >= 11 is 2.34. The van der Waals surface area contributed by atoms with Gasteiger partial charge in [-0.15, -0.1) is 0 Å². The van der Waals surface area contributed by atoms with Gasteiger partial charge in [-0.05, 0) is 87.6 Å². The lowest BCUT2D eigenvalue weighted by Gasteiger charge is -2.02. The number of halogens is 1. The van der Waals surface area contributed by atoms with Gasteiger partial charge in [0.1, 0.15) is 22.3 Å². The Morgan fingerprint density at radius 1 is 0.484 bits per heavy atom. The summed E-state index contributed by atoms with van der Waals surface area (Å²) in [4.78, 5) is 0. The fraction of sp³-hybridized carbons (Fsp3) is 0. The average Bonchev–Trinajstić information content (AvgIpc) is 3.35. The monoisotopic (exact) mass is 510 g/mol. The number of benzene rings is 5. The van der Waals surface area contributed by atoms with Gasteiger partial charge < -0.3 is 8.83 Å². The minimum atomic E-state index is 0.890. The normalized spacial score (nSPS) is 12.0. The zero-order valence-corrected chi connectivity index (χ0v) is 18.5. The minimum absolute atomic E-state index is 0.890. The van der Waals surface area contributed by atoms with Gasteiger partial charge in [-0.2, -0.15) is 0 Å².